The van der Waals surface area contributed by atoms with Crippen LogP contribution in [0.1, 0.15) is 34.3 Å². The van der Waals surface area contributed by atoms with Crippen molar-refractivity contribution >= 4 is 119 Å². The molecule has 0 saturated carbocycles. The van der Waals surface area contributed by atoms with E-state index in [0.717, 1.165) is 20.9 Å². The zero-order chi connectivity index (χ0) is 39.8. The molecule has 3 atom stereocenters. The highest BCUT2D eigenvalue weighted by Gasteiger charge is 2.34. The molecule has 4 N–H and O–H groups in total. The Morgan fingerprint density at radius 3 is 2.02 bits per heavy atom. The van der Waals surface area contributed by atoms with Gasteiger partial charge in [0.25, 0.3) is 0 Å². The molecule has 0 unspecified atom stereocenters. The van der Waals surface area contributed by atoms with Gasteiger partial charge in [-0.05, 0) is 114 Å². The Morgan fingerprint density at radius 1 is 0.782 bits per heavy atom. The van der Waals surface area contributed by atoms with Crippen molar-refractivity contribution in [3.63, 3.8) is 0 Å². The third kappa shape index (κ3) is 10.3. The lowest BCUT2D eigenvalue weighted by Gasteiger charge is -2.26. The minimum Gasteiger partial charge on any atom is -0.495 e. The molecule has 0 radical (unpaired) electrons. The average molecular weight is 1080 g/mol. The molecule has 0 aliphatic rings. The van der Waals surface area contributed by atoms with Gasteiger partial charge >= 0.3 is 12.1 Å². The molecule has 288 valence electrons. The fourth-order valence-electron chi connectivity index (χ4n) is 5.73. The Labute approximate surface area is 362 Å². The number of H-pyrrole nitrogens is 1. The maximum Gasteiger partial charge on any atom is 0.408 e. The Hall–Kier alpha value is -3.78. The van der Waals surface area contributed by atoms with Crippen LogP contribution < -0.4 is 25.4 Å². The van der Waals surface area contributed by atoms with Gasteiger partial charge in [0.1, 0.15) is 24.4 Å². The Bertz CT molecular complexity index is 2180. The van der Waals surface area contributed by atoms with Crippen LogP contribution in [0.15, 0.2) is 83.5 Å². The molecular formula is C38H33BrCl2I2N4O8. The van der Waals surface area contributed by atoms with E-state index >= 15 is 0 Å². The zero-order valence-corrected chi connectivity index (χ0v) is 36.7. The number of aromatic nitrogens is 1. The molecule has 17 heteroatoms. The van der Waals surface area contributed by atoms with Crippen LogP contribution in [0, 0.1) is 7.14 Å². The molecule has 0 aliphatic heterocycles. The van der Waals surface area contributed by atoms with Gasteiger partial charge in [-0.1, -0.05) is 65.7 Å². The van der Waals surface area contributed by atoms with Gasteiger partial charge in [-0.2, -0.15) is 0 Å². The summed E-state index contributed by atoms with van der Waals surface area (Å²) in [5.41, 5.74) is 2.79. The van der Waals surface area contributed by atoms with Crippen molar-refractivity contribution in [2.24, 2.45) is 0 Å². The zero-order valence-electron chi connectivity index (χ0n) is 29.3. The second-order valence-corrected chi connectivity index (χ2v) is 15.9. The molecule has 0 saturated heterocycles. The third-order valence-electron chi connectivity index (χ3n) is 8.38. The second-order valence-electron chi connectivity index (χ2n) is 11.9. The molecule has 0 fully saturated rings. The smallest absolute Gasteiger partial charge is 0.408 e. The quantitative estimate of drug-likeness (QED) is 0.0641. The first-order chi connectivity index (χ1) is 26.3. The molecule has 55 heavy (non-hydrogen) atoms. The highest BCUT2D eigenvalue weighted by molar-refractivity contribution is 14.1. The van der Waals surface area contributed by atoms with E-state index in [-0.39, 0.29) is 34.4 Å². The van der Waals surface area contributed by atoms with E-state index in [1.165, 1.54) is 33.5 Å². The van der Waals surface area contributed by atoms with Crippen molar-refractivity contribution in [2.45, 2.75) is 31.2 Å². The average Bonchev–Trinajstić information content (AvgIpc) is 3.58. The minimum atomic E-state index is -1.50. The van der Waals surface area contributed by atoms with Crippen LogP contribution in [-0.2, 0) is 36.9 Å². The van der Waals surface area contributed by atoms with Crippen molar-refractivity contribution in [1.82, 2.24) is 20.9 Å². The maximum absolute atomic E-state index is 14.4. The molecule has 12 nitrogen and oxygen atoms in total. The lowest BCUT2D eigenvalue weighted by atomic mass is 10.0. The summed E-state index contributed by atoms with van der Waals surface area (Å²) in [4.78, 5) is 58.4. The number of carbonyl (C=O) groups is 4. The van der Waals surface area contributed by atoms with E-state index < -0.39 is 42.0 Å². The van der Waals surface area contributed by atoms with Crippen LogP contribution in [0.4, 0.5) is 4.79 Å². The number of benzene rings is 4. The van der Waals surface area contributed by atoms with Gasteiger partial charge in [-0.3, -0.25) is 9.59 Å². The number of rotatable bonds is 14. The Morgan fingerprint density at radius 2 is 1.40 bits per heavy atom. The molecule has 1 aromatic heterocycles. The number of ether oxygens (including phenoxy) is 4. The van der Waals surface area contributed by atoms with E-state index in [1.807, 2.05) is 36.4 Å². The number of esters is 1. The number of hydrogen-bond donors (Lipinski definition) is 4. The fraction of sp³-hybridized carbons (Fsp3) is 0.211. The van der Waals surface area contributed by atoms with Gasteiger partial charge in [-0.25, -0.2) is 9.59 Å². The second kappa shape index (κ2) is 19.4. The summed E-state index contributed by atoms with van der Waals surface area (Å²) in [6.07, 6.45) is 0.865. The highest BCUT2D eigenvalue weighted by atomic mass is 127. The number of amides is 3. The number of hydrogen-bond acceptors (Lipinski definition) is 8. The molecule has 5 aromatic rings. The minimum absolute atomic E-state index is 0.00526. The largest absolute Gasteiger partial charge is 0.495 e. The molecule has 3 amide bonds. The molecule has 0 aliphatic carbocycles. The van der Waals surface area contributed by atoms with Crippen molar-refractivity contribution in [1.29, 1.82) is 0 Å². The van der Waals surface area contributed by atoms with Gasteiger partial charge < -0.3 is 39.9 Å². The van der Waals surface area contributed by atoms with E-state index in [1.54, 1.807) is 30.5 Å². The summed E-state index contributed by atoms with van der Waals surface area (Å²) in [7, 11) is 4.10. The lowest BCUT2D eigenvalue weighted by molar-refractivity contribution is -0.145. The van der Waals surface area contributed by atoms with Crippen LogP contribution in [0.5, 0.6) is 11.5 Å². The van der Waals surface area contributed by atoms with E-state index in [4.69, 9.17) is 42.1 Å². The predicted octanol–water partition coefficient (Wildman–Crippen LogP) is 8.19. The van der Waals surface area contributed by atoms with Crippen LogP contribution in [0.2, 0.25) is 10.0 Å². The molecule has 0 bridgehead atoms. The van der Waals surface area contributed by atoms with Crippen molar-refractivity contribution in [3.05, 3.63) is 123 Å². The van der Waals surface area contributed by atoms with Crippen LogP contribution in [0.3, 0.4) is 0 Å². The number of carbonyl (C=O) groups excluding carboxylic acids is 4. The molecule has 1 heterocycles. The number of halogens is 5. The number of para-hydroxylation sites is 1. The fourth-order valence-corrected chi connectivity index (χ4v) is 9.12. The number of alkyl carbamates (subject to hydrolysis) is 1. The molecule has 0 spiro atoms. The van der Waals surface area contributed by atoms with Crippen LogP contribution >= 0.6 is 84.3 Å². The first kappa shape index (κ1) is 42.4. The van der Waals surface area contributed by atoms with Crippen LogP contribution in [0.25, 0.3) is 10.9 Å². The summed E-state index contributed by atoms with van der Waals surface area (Å²) < 4.78 is 23.5. The monoisotopic (exact) mass is 1080 g/mol. The van der Waals surface area contributed by atoms with E-state index in [2.05, 4.69) is 82.0 Å². The summed E-state index contributed by atoms with van der Waals surface area (Å²) >= 11 is 20.7. The molecule has 5 rings (SSSR count). The van der Waals surface area contributed by atoms with Crippen LogP contribution in [-0.4, -0.2) is 56.2 Å². The van der Waals surface area contributed by atoms with Crippen molar-refractivity contribution in [3.8, 4) is 11.5 Å². The van der Waals surface area contributed by atoms with Crippen molar-refractivity contribution < 1.29 is 38.1 Å². The Kier molecular flexibility index (Phi) is 14.9. The maximum atomic E-state index is 14.4. The first-order valence-electron chi connectivity index (χ1n) is 16.3. The third-order valence-corrected chi connectivity index (χ3v) is 11.2. The topological polar surface area (TPSA) is 157 Å². The van der Waals surface area contributed by atoms with Gasteiger partial charge in [0.15, 0.2) is 11.8 Å². The van der Waals surface area contributed by atoms with Crippen molar-refractivity contribution in [2.75, 3.05) is 21.3 Å². The number of aromatic amines is 1. The Balaban J connectivity index is 1.51. The number of nitrogens with one attached hydrogen (secondary N) is 4. The normalized spacial score (nSPS) is 12.6. The molecular weight excluding hydrogens is 1050 g/mol. The lowest BCUT2D eigenvalue weighted by Crippen LogP contribution is -2.52. The van der Waals surface area contributed by atoms with Gasteiger partial charge in [0.2, 0.25) is 11.8 Å². The SMILES string of the molecule is COC(=O)[C@H](NC(=O)[C@H](NC(=O)[C@@H](Cc1c[nH]c2c(Br)cccc12)NC(=O)OCc1ccccc1)c1cc(Cl)c(OC)c(Cl)c1)c1cc(I)c(OC)c(I)c1. The first-order valence-corrected chi connectivity index (χ1v) is 20.0. The number of methoxy groups -OCH3 is 3. The van der Waals surface area contributed by atoms with Gasteiger partial charge in [-0.15, -0.1) is 0 Å². The van der Waals surface area contributed by atoms with Gasteiger partial charge in [0, 0.05) is 22.5 Å². The standard InChI is InChI=1S/C38H33BrCl2I2N4O8/c1-52-33-25(40)12-20(13-26(33)41)30(36(49)47-31(37(50)54-3)21-14-27(42)34(53-2)28(43)15-21)46-35(48)29(45-38(51)55-18-19-8-5-4-6-9-19)16-22-17-44-32-23(22)10-7-11-24(32)39/h4-15,17,29-31,44H,16,18H2,1-3H3,(H,45,51)(H,46,48)(H,47,49)/t29-,30-,31-/m1/s1. The summed E-state index contributed by atoms with van der Waals surface area (Å²) in [5, 5.41) is 9.08. The summed E-state index contributed by atoms with van der Waals surface area (Å²) in [5.74, 6) is -1.60. The number of fused-ring (bicyclic) bond motifs is 1. The highest BCUT2D eigenvalue weighted by Crippen LogP contribution is 2.37. The summed E-state index contributed by atoms with van der Waals surface area (Å²) in [6, 6.07) is 16.8. The van der Waals surface area contributed by atoms with E-state index in [0.29, 0.717) is 24.0 Å². The predicted molar refractivity (Wildman–Crippen MR) is 228 cm³/mol. The van der Waals surface area contributed by atoms with Gasteiger partial charge in [0.05, 0.1) is 44.0 Å². The van der Waals surface area contributed by atoms with E-state index in [9.17, 15) is 19.2 Å². The molecule has 4 aromatic carbocycles. The summed E-state index contributed by atoms with van der Waals surface area (Å²) in [6.45, 7) is -0.0485.